The lowest BCUT2D eigenvalue weighted by Crippen LogP contribution is -2.15. The fraction of sp³-hybridized carbons (Fsp3) is 0.312. The Morgan fingerprint density at radius 1 is 1.10 bits per heavy atom. The molecule has 0 spiro atoms. The number of thiophene rings is 1. The molecule has 0 aliphatic carbocycles. The van der Waals surface area contributed by atoms with Gasteiger partial charge >= 0.3 is 0 Å². The van der Waals surface area contributed by atoms with E-state index >= 15 is 0 Å². The molecular formula is C16H20N2OS. The molecule has 1 atom stereocenters. The maximum atomic E-state index is 11.0. The van der Waals surface area contributed by atoms with Crippen LogP contribution in [0.4, 0.5) is 11.4 Å². The quantitative estimate of drug-likeness (QED) is 0.849. The maximum absolute atomic E-state index is 11.0. The molecule has 2 N–H and O–H groups in total. The van der Waals surface area contributed by atoms with E-state index in [0.29, 0.717) is 12.0 Å². The van der Waals surface area contributed by atoms with Gasteiger partial charge in [-0.25, -0.2) is 0 Å². The van der Waals surface area contributed by atoms with Crippen LogP contribution < -0.4 is 10.6 Å². The second kappa shape index (κ2) is 6.57. The Hall–Kier alpha value is -1.81. The molecule has 2 rings (SSSR count). The average Bonchev–Trinajstić information content (AvgIpc) is 2.90. The second-order valence-corrected chi connectivity index (χ2v) is 6.12. The summed E-state index contributed by atoms with van der Waals surface area (Å²) >= 11 is 1.77. The SMILES string of the molecule is CC(=O)Nc1ccc(NC(c2cccs2)C(C)C)cc1. The highest BCUT2D eigenvalue weighted by atomic mass is 32.1. The number of benzene rings is 1. The number of nitrogens with one attached hydrogen (secondary N) is 2. The van der Waals surface area contributed by atoms with Crippen molar-refractivity contribution in [2.45, 2.75) is 26.8 Å². The number of hydrogen-bond donors (Lipinski definition) is 2. The maximum Gasteiger partial charge on any atom is 0.221 e. The molecule has 3 nitrogen and oxygen atoms in total. The molecule has 0 aliphatic heterocycles. The summed E-state index contributed by atoms with van der Waals surface area (Å²) < 4.78 is 0. The van der Waals surface area contributed by atoms with Gasteiger partial charge in [-0.05, 0) is 41.6 Å². The number of amides is 1. The van der Waals surface area contributed by atoms with E-state index in [0.717, 1.165) is 11.4 Å². The highest BCUT2D eigenvalue weighted by Gasteiger charge is 2.16. The van der Waals surface area contributed by atoms with Crippen LogP contribution in [0.25, 0.3) is 0 Å². The molecular weight excluding hydrogens is 268 g/mol. The Morgan fingerprint density at radius 2 is 1.75 bits per heavy atom. The van der Waals surface area contributed by atoms with Crippen molar-refractivity contribution in [3.63, 3.8) is 0 Å². The number of carbonyl (C=O) groups excluding carboxylic acids is 1. The molecule has 0 fully saturated rings. The molecule has 0 saturated heterocycles. The monoisotopic (exact) mass is 288 g/mol. The molecule has 20 heavy (non-hydrogen) atoms. The van der Waals surface area contributed by atoms with Crippen LogP contribution in [0.3, 0.4) is 0 Å². The zero-order chi connectivity index (χ0) is 14.5. The third kappa shape index (κ3) is 3.84. The van der Waals surface area contributed by atoms with E-state index < -0.39 is 0 Å². The number of anilines is 2. The standard InChI is InChI=1S/C16H20N2OS/c1-11(2)16(15-5-4-10-20-15)18-14-8-6-13(7-9-14)17-12(3)19/h4-11,16,18H,1-3H3,(H,17,19). The van der Waals surface area contributed by atoms with Crippen LogP contribution in [0.15, 0.2) is 41.8 Å². The summed E-state index contributed by atoms with van der Waals surface area (Å²) in [6.07, 6.45) is 0. The first-order valence-electron chi connectivity index (χ1n) is 6.74. The van der Waals surface area contributed by atoms with Gasteiger partial charge in [-0.3, -0.25) is 4.79 Å². The molecule has 1 unspecified atom stereocenters. The molecule has 0 radical (unpaired) electrons. The Kier molecular flexibility index (Phi) is 4.79. The zero-order valence-electron chi connectivity index (χ0n) is 12.0. The molecule has 0 saturated carbocycles. The fourth-order valence-electron chi connectivity index (χ4n) is 2.07. The van der Waals surface area contributed by atoms with Crippen LogP contribution in [0, 0.1) is 5.92 Å². The van der Waals surface area contributed by atoms with E-state index in [1.54, 1.807) is 11.3 Å². The number of hydrogen-bond acceptors (Lipinski definition) is 3. The Labute approximate surface area is 124 Å². The van der Waals surface area contributed by atoms with Crippen molar-refractivity contribution in [1.82, 2.24) is 0 Å². The van der Waals surface area contributed by atoms with E-state index in [1.165, 1.54) is 11.8 Å². The summed E-state index contributed by atoms with van der Waals surface area (Å²) in [6, 6.07) is 12.4. The highest BCUT2D eigenvalue weighted by molar-refractivity contribution is 7.10. The van der Waals surface area contributed by atoms with Crippen LogP contribution in [-0.2, 0) is 4.79 Å². The molecule has 4 heteroatoms. The molecule has 1 amide bonds. The summed E-state index contributed by atoms with van der Waals surface area (Å²) in [7, 11) is 0. The third-order valence-electron chi connectivity index (χ3n) is 3.04. The fourth-order valence-corrected chi connectivity index (χ4v) is 3.02. The number of rotatable bonds is 5. The van der Waals surface area contributed by atoms with Gasteiger partial charge in [0.15, 0.2) is 0 Å². The molecule has 1 heterocycles. The topological polar surface area (TPSA) is 41.1 Å². The van der Waals surface area contributed by atoms with Gasteiger partial charge in [0.05, 0.1) is 6.04 Å². The van der Waals surface area contributed by atoms with E-state index in [-0.39, 0.29) is 5.91 Å². The van der Waals surface area contributed by atoms with Crippen molar-refractivity contribution in [3.05, 3.63) is 46.7 Å². The summed E-state index contributed by atoms with van der Waals surface area (Å²) in [4.78, 5) is 12.3. The molecule has 106 valence electrons. The zero-order valence-corrected chi connectivity index (χ0v) is 12.8. The Balaban J connectivity index is 2.09. The lowest BCUT2D eigenvalue weighted by Gasteiger charge is -2.22. The highest BCUT2D eigenvalue weighted by Crippen LogP contribution is 2.30. The predicted molar refractivity (Wildman–Crippen MR) is 86.3 cm³/mol. The lowest BCUT2D eigenvalue weighted by molar-refractivity contribution is -0.114. The van der Waals surface area contributed by atoms with Crippen molar-refractivity contribution in [3.8, 4) is 0 Å². The van der Waals surface area contributed by atoms with Crippen LogP contribution in [0.5, 0.6) is 0 Å². The van der Waals surface area contributed by atoms with E-state index in [4.69, 9.17) is 0 Å². The van der Waals surface area contributed by atoms with Gasteiger partial charge < -0.3 is 10.6 Å². The minimum Gasteiger partial charge on any atom is -0.377 e. The predicted octanol–water partition coefficient (Wildman–Crippen LogP) is 4.52. The lowest BCUT2D eigenvalue weighted by atomic mass is 10.0. The minimum absolute atomic E-state index is 0.0515. The minimum atomic E-state index is -0.0515. The van der Waals surface area contributed by atoms with E-state index in [9.17, 15) is 4.79 Å². The van der Waals surface area contributed by atoms with Crippen molar-refractivity contribution in [2.24, 2.45) is 5.92 Å². The smallest absolute Gasteiger partial charge is 0.221 e. The largest absolute Gasteiger partial charge is 0.377 e. The van der Waals surface area contributed by atoms with Gasteiger partial charge in [0, 0.05) is 23.2 Å². The summed E-state index contributed by atoms with van der Waals surface area (Å²) in [5, 5.41) is 8.43. The Bertz CT molecular complexity index is 546. The van der Waals surface area contributed by atoms with Crippen LogP contribution >= 0.6 is 11.3 Å². The molecule has 0 aliphatic rings. The summed E-state index contributed by atoms with van der Waals surface area (Å²) in [5.41, 5.74) is 1.88. The molecule has 2 aromatic rings. The first-order chi connectivity index (χ1) is 9.56. The molecule has 1 aromatic carbocycles. The van der Waals surface area contributed by atoms with Crippen LogP contribution in [-0.4, -0.2) is 5.91 Å². The van der Waals surface area contributed by atoms with Crippen molar-refractivity contribution < 1.29 is 4.79 Å². The van der Waals surface area contributed by atoms with Gasteiger partial charge in [0.25, 0.3) is 0 Å². The van der Waals surface area contributed by atoms with Crippen molar-refractivity contribution in [1.29, 1.82) is 0 Å². The average molecular weight is 288 g/mol. The molecule has 0 bridgehead atoms. The van der Waals surface area contributed by atoms with Crippen molar-refractivity contribution in [2.75, 3.05) is 10.6 Å². The summed E-state index contributed by atoms with van der Waals surface area (Å²) in [6.45, 7) is 5.93. The van der Waals surface area contributed by atoms with Gasteiger partial charge in [0.1, 0.15) is 0 Å². The normalized spacial score (nSPS) is 12.2. The first kappa shape index (κ1) is 14.6. The van der Waals surface area contributed by atoms with Gasteiger partial charge in [-0.1, -0.05) is 19.9 Å². The van der Waals surface area contributed by atoms with E-state index in [1.807, 2.05) is 24.3 Å². The number of carbonyl (C=O) groups is 1. The van der Waals surface area contributed by atoms with Gasteiger partial charge in [-0.15, -0.1) is 11.3 Å². The van der Waals surface area contributed by atoms with Crippen molar-refractivity contribution >= 4 is 28.6 Å². The van der Waals surface area contributed by atoms with Gasteiger partial charge in [-0.2, -0.15) is 0 Å². The Morgan fingerprint density at radius 3 is 2.25 bits per heavy atom. The van der Waals surface area contributed by atoms with Gasteiger partial charge in [0.2, 0.25) is 5.91 Å². The van der Waals surface area contributed by atoms with E-state index in [2.05, 4.69) is 42.0 Å². The first-order valence-corrected chi connectivity index (χ1v) is 7.62. The summed E-state index contributed by atoms with van der Waals surface area (Å²) in [5.74, 6) is 0.452. The third-order valence-corrected chi connectivity index (χ3v) is 4.00. The second-order valence-electron chi connectivity index (χ2n) is 5.14. The van der Waals surface area contributed by atoms with Crippen LogP contribution in [0.1, 0.15) is 31.7 Å². The molecule has 1 aromatic heterocycles. The van der Waals surface area contributed by atoms with Crippen LogP contribution in [0.2, 0.25) is 0 Å².